The summed E-state index contributed by atoms with van der Waals surface area (Å²) in [4.78, 5) is 6.36. The second-order valence-corrected chi connectivity index (χ2v) is 10.4. The third kappa shape index (κ3) is 6.68. The van der Waals surface area contributed by atoms with Crippen LogP contribution in [0, 0.1) is 0 Å². The van der Waals surface area contributed by atoms with E-state index in [0.29, 0.717) is 29.1 Å². The van der Waals surface area contributed by atoms with Gasteiger partial charge in [0.15, 0.2) is 15.8 Å². The summed E-state index contributed by atoms with van der Waals surface area (Å²) in [7, 11) is -1.30. The molecule has 0 atom stereocenters. The van der Waals surface area contributed by atoms with Gasteiger partial charge in [0.05, 0.1) is 27.1 Å². The fourth-order valence-corrected chi connectivity index (χ4v) is 3.30. The third-order valence-corrected chi connectivity index (χ3v) is 6.98. The van der Waals surface area contributed by atoms with E-state index in [9.17, 15) is 8.42 Å². The molecule has 1 rings (SSSR count). The minimum Gasteiger partial charge on any atom is -0.357 e. The van der Waals surface area contributed by atoms with Crippen molar-refractivity contribution in [1.82, 2.24) is 10.2 Å². The highest BCUT2D eigenvalue weighted by atomic mass is 35.5. The lowest BCUT2D eigenvalue weighted by molar-refractivity contribution is 0.477. The van der Waals surface area contributed by atoms with Crippen molar-refractivity contribution in [2.75, 3.05) is 25.9 Å². The molecule has 0 unspecified atom stereocenters. The zero-order valence-electron chi connectivity index (χ0n) is 15.4. The molecule has 0 aromatic heterocycles. The Labute approximate surface area is 161 Å². The topological polar surface area (TPSA) is 61.8 Å². The first-order valence-corrected chi connectivity index (χ1v) is 10.5. The van der Waals surface area contributed by atoms with Crippen LogP contribution in [0.25, 0.3) is 0 Å². The average Bonchev–Trinajstić information content (AvgIpc) is 2.48. The Morgan fingerprint density at radius 2 is 1.88 bits per heavy atom. The maximum absolute atomic E-state index is 12.2. The lowest BCUT2D eigenvalue weighted by Crippen LogP contribution is -2.39. The first-order chi connectivity index (χ1) is 11.5. The van der Waals surface area contributed by atoms with E-state index in [-0.39, 0.29) is 12.3 Å². The number of benzene rings is 1. The lowest BCUT2D eigenvalue weighted by atomic mass is 10.2. The Morgan fingerprint density at radius 3 is 2.40 bits per heavy atom. The quantitative estimate of drug-likeness (QED) is 0.577. The number of aliphatic imine (C=N–C) groups is 1. The molecule has 1 aromatic rings. The fourth-order valence-electron chi connectivity index (χ4n) is 2.03. The molecule has 0 fully saturated rings. The fraction of sp³-hybridized carbons (Fsp3) is 0.588. The van der Waals surface area contributed by atoms with E-state index in [1.54, 1.807) is 26.8 Å². The van der Waals surface area contributed by atoms with Crippen LogP contribution in [-0.4, -0.2) is 49.9 Å². The number of sulfone groups is 1. The number of nitrogens with one attached hydrogen (secondary N) is 1. The van der Waals surface area contributed by atoms with Crippen molar-refractivity contribution in [2.24, 2.45) is 4.99 Å². The molecule has 0 amide bonds. The van der Waals surface area contributed by atoms with E-state index in [4.69, 9.17) is 23.2 Å². The normalized spacial score (nSPS) is 13.0. The Bertz CT molecular complexity index is 713. The van der Waals surface area contributed by atoms with E-state index in [1.165, 1.54) is 0 Å². The van der Waals surface area contributed by atoms with E-state index < -0.39 is 14.6 Å². The lowest BCUT2D eigenvalue weighted by Gasteiger charge is -2.23. The minimum absolute atomic E-state index is 0.0198. The first kappa shape index (κ1) is 22.1. The number of rotatable bonds is 6. The summed E-state index contributed by atoms with van der Waals surface area (Å²) >= 11 is 12.0. The molecule has 0 spiro atoms. The van der Waals surface area contributed by atoms with Gasteiger partial charge in [0.1, 0.15) is 0 Å². The van der Waals surface area contributed by atoms with Crippen molar-refractivity contribution in [3.05, 3.63) is 33.8 Å². The summed E-state index contributed by atoms with van der Waals surface area (Å²) < 4.78 is 23.6. The van der Waals surface area contributed by atoms with Crippen molar-refractivity contribution < 1.29 is 8.42 Å². The van der Waals surface area contributed by atoms with Gasteiger partial charge in [-0.1, -0.05) is 29.3 Å². The van der Waals surface area contributed by atoms with Gasteiger partial charge in [0.25, 0.3) is 0 Å². The highest BCUT2D eigenvalue weighted by Crippen LogP contribution is 2.23. The van der Waals surface area contributed by atoms with Gasteiger partial charge in [-0.05, 0) is 45.4 Å². The molecular weight excluding hydrogens is 381 g/mol. The van der Waals surface area contributed by atoms with Gasteiger partial charge in [0, 0.05) is 20.1 Å². The molecule has 1 aromatic carbocycles. The van der Waals surface area contributed by atoms with Gasteiger partial charge in [-0.3, -0.25) is 4.99 Å². The molecule has 0 heterocycles. The van der Waals surface area contributed by atoms with Crippen molar-refractivity contribution in [3.63, 3.8) is 0 Å². The summed E-state index contributed by atoms with van der Waals surface area (Å²) in [5.41, 5.74) is 0.991. The van der Waals surface area contributed by atoms with Crippen LogP contribution in [0.15, 0.2) is 23.2 Å². The van der Waals surface area contributed by atoms with Gasteiger partial charge in [-0.25, -0.2) is 8.42 Å². The van der Waals surface area contributed by atoms with E-state index in [1.807, 2.05) is 31.0 Å². The minimum atomic E-state index is -3.19. The molecule has 8 heteroatoms. The Morgan fingerprint density at radius 1 is 1.24 bits per heavy atom. The molecule has 0 aliphatic rings. The predicted octanol–water partition coefficient (Wildman–Crippen LogP) is 3.60. The molecule has 1 N–H and O–H groups in total. The summed E-state index contributed by atoms with van der Waals surface area (Å²) in [6.45, 7) is 8.56. The van der Waals surface area contributed by atoms with Crippen LogP contribution in [0.5, 0.6) is 0 Å². The van der Waals surface area contributed by atoms with E-state index in [2.05, 4.69) is 10.3 Å². The highest BCUT2D eigenvalue weighted by molar-refractivity contribution is 7.92. The number of guanidine groups is 1. The van der Waals surface area contributed by atoms with Crippen LogP contribution in [-0.2, 0) is 16.4 Å². The number of nitrogens with zero attached hydrogens (tertiary/aromatic N) is 2. The van der Waals surface area contributed by atoms with Crippen LogP contribution in [0.2, 0.25) is 10.0 Å². The summed E-state index contributed by atoms with van der Waals surface area (Å²) in [6, 6.07) is 5.47. The molecular formula is C17H27Cl2N3O2S. The second kappa shape index (κ2) is 9.10. The zero-order valence-corrected chi connectivity index (χ0v) is 17.8. The van der Waals surface area contributed by atoms with Crippen LogP contribution >= 0.6 is 23.2 Å². The van der Waals surface area contributed by atoms with Crippen LogP contribution in [0.1, 0.15) is 33.3 Å². The summed E-state index contributed by atoms with van der Waals surface area (Å²) in [5.74, 6) is 0.670. The first-order valence-electron chi connectivity index (χ1n) is 8.13. The Balaban J connectivity index is 2.82. The van der Waals surface area contributed by atoms with Gasteiger partial charge in [0.2, 0.25) is 0 Å². The highest BCUT2D eigenvalue weighted by Gasteiger charge is 2.28. The molecule has 0 aliphatic heterocycles. The van der Waals surface area contributed by atoms with E-state index >= 15 is 0 Å². The smallest absolute Gasteiger partial charge is 0.193 e. The molecule has 0 aliphatic carbocycles. The van der Waals surface area contributed by atoms with Gasteiger partial charge >= 0.3 is 0 Å². The summed E-state index contributed by atoms with van der Waals surface area (Å²) in [5, 5.41) is 4.20. The molecule has 25 heavy (non-hydrogen) atoms. The third-order valence-electron chi connectivity index (χ3n) is 3.65. The Hall–Kier alpha value is -0.980. The summed E-state index contributed by atoms with van der Waals surface area (Å²) in [6.07, 6.45) is 0. The number of halogens is 2. The standard InChI is InChI=1S/C17H27Cl2N3O2S/c1-6-20-16(21-9-10-25(23,24)17(2,3)4)22(5)12-13-7-8-14(18)15(19)11-13/h7-8,11H,6,9-10,12H2,1-5H3,(H,20,21). The SMILES string of the molecule is CCNC(=NCCS(=O)(=O)C(C)(C)C)N(C)Cc1ccc(Cl)c(Cl)c1. The average molecular weight is 408 g/mol. The maximum Gasteiger partial charge on any atom is 0.193 e. The van der Waals surface area contributed by atoms with Crippen LogP contribution in [0.3, 0.4) is 0 Å². The molecule has 5 nitrogen and oxygen atoms in total. The van der Waals surface area contributed by atoms with Gasteiger partial charge < -0.3 is 10.2 Å². The Kier molecular flexibility index (Phi) is 8.03. The van der Waals surface area contributed by atoms with Crippen molar-refractivity contribution in [1.29, 1.82) is 0 Å². The molecule has 0 saturated carbocycles. The number of hydrogen-bond donors (Lipinski definition) is 1. The van der Waals surface area contributed by atoms with Crippen LogP contribution in [0.4, 0.5) is 0 Å². The largest absolute Gasteiger partial charge is 0.357 e. The monoisotopic (exact) mass is 407 g/mol. The van der Waals surface area contributed by atoms with E-state index in [0.717, 1.165) is 5.56 Å². The zero-order chi connectivity index (χ0) is 19.3. The predicted molar refractivity (Wildman–Crippen MR) is 107 cm³/mol. The molecule has 0 saturated heterocycles. The van der Waals surface area contributed by atoms with Gasteiger partial charge in [-0.2, -0.15) is 0 Å². The van der Waals surface area contributed by atoms with Gasteiger partial charge in [-0.15, -0.1) is 0 Å². The van der Waals surface area contributed by atoms with Crippen molar-refractivity contribution >= 4 is 39.0 Å². The number of hydrogen-bond acceptors (Lipinski definition) is 3. The second-order valence-electron chi connectivity index (χ2n) is 6.77. The maximum atomic E-state index is 12.2. The molecule has 0 bridgehead atoms. The van der Waals surface area contributed by atoms with Crippen LogP contribution < -0.4 is 5.32 Å². The van der Waals surface area contributed by atoms with Crippen molar-refractivity contribution in [2.45, 2.75) is 39.0 Å². The van der Waals surface area contributed by atoms with Crippen molar-refractivity contribution in [3.8, 4) is 0 Å². The molecule has 0 radical (unpaired) electrons. The molecule has 142 valence electrons.